The number of anilines is 1. The van der Waals surface area contributed by atoms with Crippen LogP contribution in [-0.4, -0.2) is 51.2 Å². The Kier molecular flexibility index (Phi) is 5.13. The molecule has 1 aromatic rings. The van der Waals surface area contributed by atoms with Crippen molar-refractivity contribution in [1.82, 2.24) is 4.90 Å². The molecule has 0 saturated carbocycles. The Balaban J connectivity index is 2.17. The number of carbonyl (C=O) groups is 1. The van der Waals surface area contributed by atoms with E-state index < -0.39 is 0 Å². The summed E-state index contributed by atoms with van der Waals surface area (Å²) in [6.45, 7) is 2.40. The Hall–Kier alpha value is -0.970. The highest BCUT2D eigenvalue weighted by Crippen LogP contribution is 2.28. The summed E-state index contributed by atoms with van der Waals surface area (Å²) >= 11 is 12.0. The van der Waals surface area contributed by atoms with E-state index in [1.807, 2.05) is 12.1 Å². The summed E-state index contributed by atoms with van der Waals surface area (Å²) in [4.78, 5) is 15.8. The number of benzene rings is 1. The summed E-state index contributed by atoms with van der Waals surface area (Å²) in [5.41, 5.74) is 0.960. The minimum atomic E-state index is -0.165. The van der Waals surface area contributed by atoms with E-state index in [0.717, 1.165) is 12.2 Å². The van der Waals surface area contributed by atoms with E-state index in [1.165, 1.54) is 0 Å². The molecule has 0 bridgehead atoms. The van der Waals surface area contributed by atoms with Crippen LogP contribution in [0.4, 0.5) is 5.69 Å². The predicted molar refractivity (Wildman–Crippen MR) is 81.7 cm³/mol. The molecular weight excluding hydrogens is 299 g/mol. The zero-order chi connectivity index (χ0) is 14.7. The quantitative estimate of drug-likeness (QED) is 0.840. The van der Waals surface area contributed by atoms with Crippen LogP contribution >= 0.6 is 23.2 Å². The number of halogens is 2. The second-order valence-corrected chi connectivity index (χ2v) is 5.86. The van der Waals surface area contributed by atoms with Gasteiger partial charge in [-0.15, -0.1) is 0 Å². The van der Waals surface area contributed by atoms with Crippen LogP contribution < -0.4 is 4.90 Å². The van der Waals surface area contributed by atoms with Gasteiger partial charge in [0, 0.05) is 32.9 Å². The van der Waals surface area contributed by atoms with Crippen molar-refractivity contribution in [2.45, 2.75) is 0 Å². The van der Waals surface area contributed by atoms with E-state index in [9.17, 15) is 4.79 Å². The first-order valence-electron chi connectivity index (χ1n) is 6.48. The van der Waals surface area contributed by atoms with Gasteiger partial charge in [-0.05, 0) is 18.2 Å². The monoisotopic (exact) mass is 316 g/mol. The molecule has 0 aliphatic carbocycles. The minimum absolute atomic E-state index is 0.0805. The number of rotatable bonds is 2. The van der Waals surface area contributed by atoms with E-state index >= 15 is 0 Å². The summed E-state index contributed by atoms with van der Waals surface area (Å²) in [7, 11) is 3.52. The topological polar surface area (TPSA) is 32.8 Å². The van der Waals surface area contributed by atoms with Gasteiger partial charge in [-0.25, -0.2) is 0 Å². The van der Waals surface area contributed by atoms with Crippen molar-refractivity contribution in [3.63, 3.8) is 0 Å². The summed E-state index contributed by atoms with van der Waals surface area (Å²) in [6.07, 6.45) is 0. The van der Waals surface area contributed by atoms with Crippen LogP contribution in [0, 0.1) is 5.92 Å². The first kappa shape index (κ1) is 15.4. The molecule has 1 unspecified atom stereocenters. The number of nitrogens with zero attached hydrogens (tertiary/aromatic N) is 2. The van der Waals surface area contributed by atoms with Crippen LogP contribution in [0.25, 0.3) is 0 Å². The Morgan fingerprint density at radius 1 is 1.35 bits per heavy atom. The molecule has 0 radical (unpaired) electrons. The molecule has 1 atom stereocenters. The van der Waals surface area contributed by atoms with Gasteiger partial charge in [0.1, 0.15) is 0 Å². The Labute approximate surface area is 129 Å². The Bertz CT molecular complexity index is 494. The lowest BCUT2D eigenvalue weighted by Crippen LogP contribution is -2.39. The van der Waals surface area contributed by atoms with E-state index in [0.29, 0.717) is 29.8 Å². The van der Waals surface area contributed by atoms with Crippen LogP contribution in [-0.2, 0) is 9.53 Å². The summed E-state index contributed by atoms with van der Waals surface area (Å²) in [5.74, 6) is -0.0843. The SMILES string of the molecule is CN(C)C(=O)C1COCCN(c2ccc(Cl)c(Cl)c2)C1. The second kappa shape index (κ2) is 6.66. The van der Waals surface area contributed by atoms with Crippen LogP contribution in [0.5, 0.6) is 0 Å². The third-order valence-corrected chi connectivity index (χ3v) is 4.06. The summed E-state index contributed by atoms with van der Waals surface area (Å²) in [5, 5.41) is 1.05. The van der Waals surface area contributed by atoms with Crippen molar-refractivity contribution in [1.29, 1.82) is 0 Å². The van der Waals surface area contributed by atoms with Crippen molar-refractivity contribution in [2.24, 2.45) is 5.92 Å². The molecule has 1 amide bonds. The number of carbonyl (C=O) groups excluding carboxylic acids is 1. The molecule has 1 fully saturated rings. The molecular formula is C14H18Cl2N2O2. The summed E-state index contributed by atoms with van der Waals surface area (Å²) < 4.78 is 5.54. The molecule has 6 heteroatoms. The maximum Gasteiger partial charge on any atom is 0.229 e. The molecule has 0 spiro atoms. The fraction of sp³-hybridized carbons (Fsp3) is 0.500. The maximum absolute atomic E-state index is 12.1. The van der Waals surface area contributed by atoms with Crippen LogP contribution in [0.1, 0.15) is 0 Å². The fourth-order valence-corrected chi connectivity index (χ4v) is 2.53. The molecule has 4 nitrogen and oxygen atoms in total. The van der Waals surface area contributed by atoms with Gasteiger partial charge in [-0.3, -0.25) is 4.79 Å². The van der Waals surface area contributed by atoms with Gasteiger partial charge in [0.15, 0.2) is 0 Å². The Morgan fingerprint density at radius 3 is 2.75 bits per heavy atom. The van der Waals surface area contributed by atoms with E-state index in [2.05, 4.69) is 4.90 Å². The van der Waals surface area contributed by atoms with Crippen molar-refractivity contribution < 1.29 is 9.53 Å². The standard InChI is InChI=1S/C14H18Cl2N2O2/c1-17(2)14(19)10-8-18(5-6-20-9-10)11-3-4-12(15)13(16)7-11/h3-4,7,10H,5-6,8-9H2,1-2H3. The molecule has 1 saturated heterocycles. The number of amides is 1. The molecule has 1 aliphatic heterocycles. The van der Waals surface area contributed by atoms with Crippen LogP contribution in [0.2, 0.25) is 10.0 Å². The number of hydrogen-bond donors (Lipinski definition) is 0. The Morgan fingerprint density at radius 2 is 2.10 bits per heavy atom. The average molecular weight is 317 g/mol. The third-order valence-electron chi connectivity index (χ3n) is 3.32. The van der Waals surface area contributed by atoms with Crippen molar-refractivity contribution in [3.05, 3.63) is 28.2 Å². The van der Waals surface area contributed by atoms with Gasteiger partial charge in [0.2, 0.25) is 5.91 Å². The smallest absolute Gasteiger partial charge is 0.229 e. The average Bonchev–Trinajstić information content (AvgIpc) is 2.66. The number of ether oxygens (including phenoxy) is 1. The van der Waals surface area contributed by atoms with Crippen molar-refractivity contribution in [2.75, 3.05) is 45.3 Å². The largest absolute Gasteiger partial charge is 0.379 e. The molecule has 0 aromatic heterocycles. The number of hydrogen-bond acceptors (Lipinski definition) is 3. The molecule has 1 aliphatic rings. The third kappa shape index (κ3) is 3.57. The first-order valence-corrected chi connectivity index (χ1v) is 7.23. The van der Waals surface area contributed by atoms with Gasteiger partial charge < -0.3 is 14.5 Å². The molecule has 0 N–H and O–H groups in total. The highest BCUT2D eigenvalue weighted by molar-refractivity contribution is 6.42. The zero-order valence-corrected chi connectivity index (χ0v) is 13.1. The van der Waals surface area contributed by atoms with Gasteiger partial charge in [-0.1, -0.05) is 23.2 Å². The van der Waals surface area contributed by atoms with Gasteiger partial charge >= 0.3 is 0 Å². The van der Waals surface area contributed by atoms with Gasteiger partial charge in [0.25, 0.3) is 0 Å². The van der Waals surface area contributed by atoms with Gasteiger partial charge in [0.05, 0.1) is 29.2 Å². The molecule has 110 valence electrons. The molecule has 2 rings (SSSR count). The van der Waals surface area contributed by atoms with E-state index in [4.69, 9.17) is 27.9 Å². The fourth-order valence-electron chi connectivity index (χ4n) is 2.24. The zero-order valence-electron chi connectivity index (χ0n) is 11.6. The molecule has 1 aromatic carbocycles. The van der Waals surface area contributed by atoms with Gasteiger partial charge in [-0.2, -0.15) is 0 Å². The second-order valence-electron chi connectivity index (χ2n) is 5.05. The molecule has 1 heterocycles. The van der Waals surface area contributed by atoms with Crippen molar-refractivity contribution >= 4 is 34.8 Å². The van der Waals surface area contributed by atoms with E-state index in [-0.39, 0.29) is 11.8 Å². The summed E-state index contributed by atoms with van der Waals surface area (Å²) in [6, 6.07) is 5.51. The molecule has 20 heavy (non-hydrogen) atoms. The van der Waals surface area contributed by atoms with E-state index in [1.54, 1.807) is 25.1 Å². The van der Waals surface area contributed by atoms with Crippen LogP contribution in [0.15, 0.2) is 18.2 Å². The van der Waals surface area contributed by atoms with Crippen molar-refractivity contribution in [3.8, 4) is 0 Å². The highest BCUT2D eigenvalue weighted by atomic mass is 35.5. The lowest BCUT2D eigenvalue weighted by Gasteiger charge is -2.26. The predicted octanol–water partition coefficient (Wildman–Crippen LogP) is 2.53. The highest BCUT2D eigenvalue weighted by Gasteiger charge is 2.26. The lowest BCUT2D eigenvalue weighted by atomic mass is 10.1. The first-order chi connectivity index (χ1) is 9.49. The maximum atomic E-state index is 12.1. The van der Waals surface area contributed by atoms with Crippen LogP contribution in [0.3, 0.4) is 0 Å². The minimum Gasteiger partial charge on any atom is -0.379 e. The lowest BCUT2D eigenvalue weighted by molar-refractivity contribution is -0.134. The normalized spacial score (nSPS) is 19.6.